The Morgan fingerprint density at radius 2 is 2.00 bits per heavy atom. The number of methoxy groups -OCH3 is 1. The molecule has 6 nitrogen and oxygen atoms in total. The van der Waals surface area contributed by atoms with E-state index in [9.17, 15) is 4.79 Å². The van der Waals surface area contributed by atoms with Gasteiger partial charge < -0.3 is 14.6 Å². The number of thioether (sulfide) groups is 1. The van der Waals surface area contributed by atoms with Gasteiger partial charge in [0.1, 0.15) is 5.75 Å². The third-order valence-electron chi connectivity index (χ3n) is 3.62. The largest absolute Gasteiger partial charge is 0.497 e. The molecule has 0 saturated carbocycles. The fourth-order valence-electron chi connectivity index (χ4n) is 2.31. The van der Waals surface area contributed by atoms with Gasteiger partial charge in [-0.1, -0.05) is 35.5 Å². The molecule has 134 valence electrons. The van der Waals surface area contributed by atoms with Gasteiger partial charge in [0.25, 0.3) is 0 Å². The summed E-state index contributed by atoms with van der Waals surface area (Å²) in [4.78, 5) is 12.1. The van der Waals surface area contributed by atoms with E-state index in [-0.39, 0.29) is 11.7 Å². The van der Waals surface area contributed by atoms with Crippen molar-refractivity contribution in [3.63, 3.8) is 0 Å². The summed E-state index contributed by atoms with van der Waals surface area (Å²) in [5.41, 5.74) is 1.60. The van der Waals surface area contributed by atoms with Crippen LogP contribution in [0.2, 0.25) is 5.02 Å². The molecule has 0 aliphatic rings. The first-order valence-corrected chi connectivity index (χ1v) is 9.15. The predicted molar refractivity (Wildman–Crippen MR) is 104 cm³/mol. The molecule has 3 aromatic rings. The van der Waals surface area contributed by atoms with E-state index in [1.807, 2.05) is 35.9 Å². The molecule has 3 rings (SSSR count). The van der Waals surface area contributed by atoms with Crippen LogP contribution >= 0.6 is 23.4 Å². The lowest BCUT2D eigenvalue weighted by Crippen LogP contribution is -2.14. The summed E-state index contributed by atoms with van der Waals surface area (Å²) in [5, 5.41) is 12.5. The van der Waals surface area contributed by atoms with E-state index in [2.05, 4.69) is 15.5 Å². The van der Waals surface area contributed by atoms with Crippen molar-refractivity contribution in [2.75, 3.05) is 18.2 Å². The van der Waals surface area contributed by atoms with Gasteiger partial charge in [0.15, 0.2) is 11.0 Å². The highest BCUT2D eigenvalue weighted by Crippen LogP contribution is 2.25. The zero-order chi connectivity index (χ0) is 18.5. The Bertz CT molecular complexity index is 912. The van der Waals surface area contributed by atoms with Crippen LogP contribution in [-0.2, 0) is 11.8 Å². The van der Waals surface area contributed by atoms with Crippen LogP contribution in [0.5, 0.6) is 5.75 Å². The molecule has 8 heteroatoms. The molecule has 0 radical (unpaired) electrons. The van der Waals surface area contributed by atoms with Crippen LogP contribution in [0.4, 0.5) is 5.69 Å². The minimum atomic E-state index is -0.122. The fraction of sp³-hybridized carbons (Fsp3) is 0.167. The minimum absolute atomic E-state index is 0.122. The quantitative estimate of drug-likeness (QED) is 0.649. The molecular weight excluding hydrogens is 372 g/mol. The number of halogens is 1. The second-order valence-corrected chi connectivity index (χ2v) is 6.82. The van der Waals surface area contributed by atoms with E-state index in [4.69, 9.17) is 16.3 Å². The number of nitrogens with zero attached hydrogens (tertiary/aromatic N) is 3. The maximum Gasteiger partial charge on any atom is 0.234 e. The Morgan fingerprint density at radius 1 is 1.23 bits per heavy atom. The average molecular weight is 389 g/mol. The monoisotopic (exact) mass is 388 g/mol. The molecule has 0 aliphatic carbocycles. The molecule has 0 atom stereocenters. The van der Waals surface area contributed by atoms with Gasteiger partial charge in [-0.2, -0.15) is 0 Å². The first-order chi connectivity index (χ1) is 12.6. The number of hydrogen-bond acceptors (Lipinski definition) is 5. The summed E-state index contributed by atoms with van der Waals surface area (Å²) in [7, 11) is 3.49. The van der Waals surface area contributed by atoms with Crippen molar-refractivity contribution in [1.29, 1.82) is 0 Å². The van der Waals surface area contributed by atoms with E-state index < -0.39 is 0 Å². The number of carbonyl (C=O) groups is 1. The normalized spacial score (nSPS) is 10.6. The van der Waals surface area contributed by atoms with Crippen LogP contribution in [0.15, 0.2) is 53.7 Å². The lowest BCUT2D eigenvalue weighted by atomic mass is 10.2. The van der Waals surface area contributed by atoms with Crippen molar-refractivity contribution in [3.8, 4) is 17.1 Å². The van der Waals surface area contributed by atoms with Gasteiger partial charge in [-0.3, -0.25) is 4.79 Å². The summed E-state index contributed by atoms with van der Waals surface area (Å²) in [6.45, 7) is 0. The predicted octanol–water partition coefficient (Wildman–Crippen LogP) is 3.87. The van der Waals surface area contributed by atoms with Gasteiger partial charge >= 0.3 is 0 Å². The summed E-state index contributed by atoms with van der Waals surface area (Å²) in [6.07, 6.45) is 0. The van der Waals surface area contributed by atoms with Crippen molar-refractivity contribution in [1.82, 2.24) is 14.8 Å². The maximum absolute atomic E-state index is 12.1. The van der Waals surface area contributed by atoms with E-state index in [0.29, 0.717) is 21.7 Å². The average Bonchev–Trinajstić information content (AvgIpc) is 3.02. The van der Waals surface area contributed by atoms with E-state index in [0.717, 1.165) is 11.3 Å². The second kappa shape index (κ2) is 8.25. The molecule has 26 heavy (non-hydrogen) atoms. The second-order valence-electron chi connectivity index (χ2n) is 5.44. The highest BCUT2D eigenvalue weighted by molar-refractivity contribution is 7.99. The maximum atomic E-state index is 12.1. The molecular formula is C18H17ClN4O2S. The Labute approximate surface area is 160 Å². The highest BCUT2D eigenvalue weighted by Gasteiger charge is 2.13. The molecule has 0 fully saturated rings. The molecule has 0 aliphatic heterocycles. The molecule has 0 unspecified atom stereocenters. The number of amides is 1. The zero-order valence-corrected chi connectivity index (χ0v) is 15.8. The van der Waals surface area contributed by atoms with Crippen LogP contribution in [-0.4, -0.2) is 33.5 Å². The molecule has 0 spiro atoms. The Kier molecular flexibility index (Phi) is 5.80. The fourth-order valence-corrected chi connectivity index (χ4v) is 3.15. The van der Waals surface area contributed by atoms with Crippen molar-refractivity contribution in [2.45, 2.75) is 5.16 Å². The molecule has 0 saturated heterocycles. The number of benzene rings is 2. The zero-order valence-electron chi connectivity index (χ0n) is 14.3. The lowest BCUT2D eigenvalue weighted by molar-refractivity contribution is -0.113. The van der Waals surface area contributed by atoms with Gasteiger partial charge in [0.05, 0.1) is 12.9 Å². The molecule has 1 N–H and O–H groups in total. The third-order valence-corrected chi connectivity index (χ3v) is 4.90. The van der Waals surface area contributed by atoms with Crippen LogP contribution in [0.25, 0.3) is 11.4 Å². The van der Waals surface area contributed by atoms with Crippen LogP contribution in [0, 0.1) is 0 Å². The third kappa shape index (κ3) is 4.36. The van der Waals surface area contributed by atoms with Crippen LogP contribution in [0.3, 0.4) is 0 Å². The number of carbonyl (C=O) groups excluding carboxylic acids is 1. The van der Waals surface area contributed by atoms with E-state index in [1.165, 1.54) is 11.8 Å². The standard InChI is InChI=1S/C18H17ClN4O2S/c1-23-17(12-4-3-5-15(10-12)25-2)21-22-18(23)26-11-16(24)20-14-8-6-13(19)7-9-14/h3-10H,11H2,1-2H3,(H,20,24). The number of aromatic nitrogens is 3. The topological polar surface area (TPSA) is 69.0 Å². The molecule has 0 bridgehead atoms. The molecule has 1 amide bonds. The molecule has 2 aromatic carbocycles. The summed E-state index contributed by atoms with van der Waals surface area (Å²) < 4.78 is 7.10. The van der Waals surface area contributed by atoms with Crippen molar-refractivity contribution >= 4 is 35.0 Å². The van der Waals surface area contributed by atoms with Gasteiger partial charge in [-0.25, -0.2) is 0 Å². The van der Waals surface area contributed by atoms with Crippen molar-refractivity contribution in [3.05, 3.63) is 53.6 Å². The number of rotatable bonds is 6. The highest BCUT2D eigenvalue weighted by atomic mass is 35.5. The molecule has 1 heterocycles. The van der Waals surface area contributed by atoms with Crippen molar-refractivity contribution < 1.29 is 9.53 Å². The molecule has 1 aromatic heterocycles. The van der Waals surface area contributed by atoms with Gasteiger partial charge in [-0.15, -0.1) is 10.2 Å². The Morgan fingerprint density at radius 3 is 2.73 bits per heavy atom. The van der Waals surface area contributed by atoms with E-state index in [1.54, 1.807) is 31.4 Å². The Balaban J connectivity index is 1.64. The summed E-state index contributed by atoms with van der Waals surface area (Å²) >= 11 is 7.16. The number of anilines is 1. The number of hydrogen-bond donors (Lipinski definition) is 1. The summed E-state index contributed by atoms with van der Waals surface area (Å²) in [6, 6.07) is 14.6. The summed E-state index contributed by atoms with van der Waals surface area (Å²) in [5.74, 6) is 1.57. The first kappa shape index (κ1) is 18.3. The van der Waals surface area contributed by atoms with Crippen molar-refractivity contribution in [2.24, 2.45) is 7.05 Å². The van der Waals surface area contributed by atoms with E-state index >= 15 is 0 Å². The van der Waals surface area contributed by atoms with Gasteiger partial charge in [0.2, 0.25) is 5.91 Å². The van der Waals surface area contributed by atoms with Crippen LogP contribution < -0.4 is 10.1 Å². The number of ether oxygens (including phenoxy) is 1. The lowest BCUT2D eigenvalue weighted by Gasteiger charge is -2.06. The minimum Gasteiger partial charge on any atom is -0.497 e. The van der Waals surface area contributed by atoms with Gasteiger partial charge in [-0.05, 0) is 36.4 Å². The smallest absolute Gasteiger partial charge is 0.234 e. The van der Waals surface area contributed by atoms with Crippen LogP contribution in [0.1, 0.15) is 0 Å². The Hall–Kier alpha value is -2.51. The first-order valence-electron chi connectivity index (χ1n) is 7.79. The SMILES string of the molecule is COc1cccc(-c2nnc(SCC(=O)Nc3ccc(Cl)cc3)n2C)c1. The van der Waals surface area contributed by atoms with Gasteiger partial charge in [0, 0.05) is 23.3 Å². The number of nitrogens with one attached hydrogen (secondary N) is 1.